The standard InChI is InChI=1S/C29H24F3N3O4/c30-29(31,32)25-16-22(20-4-6-21(7-5-20)28(37)35-10-12-38-13-11-35)14-23-15-24(39-27(23)25)18-34-26(36)8-3-19-2-1-9-33-17-19/h1-9,14-17H,10-13,18H2,(H,34,36). The molecule has 0 aliphatic carbocycles. The summed E-state index contributed by atoms with van der Waals surface area (Å²) in [5.74, 6) is -0.391. The molecular formula is C29H24F3N3O4. The van der Waals surface area contributed by atoms with Crippen molar-refractivity contribution < 1.29 is 31.9 Å². The van der Waals surface area contributed by atoms with Crippen molar-refractivity contribution in [3.05, 3.63) is 95.5 Å². The molecule has 1 aliphatic rings. The number of nitrogens with one attached hydrogen (secondary N) is 1. The molecule has 39 heavy (non-hydrogen) atoms. The van der Waals surface area contributed by atoms with Gasteiger partial charge in [-0.05, 0) is 59.2 Å². The zero-order chi connectivity index (χ0) is 27.4. The Morgan fingerprint density at radius 2 is 1.79 bits per heavy atom. The van der Waals surface area contributed by atoms with Crippen LogP contribution >= 0.6 is 0 Å². The van der Waals surface area contributed by atoms with Crippen molar-refractivity contribution in [1.29, 1.82) is 0 Å². The molecule has 7 nitrogen and oxygen atoms in total. The summed E-state index contributed by atoms with van der Waals surface area (Å²) in [6.45, 7) is 1.85. The number of carbonyl (C=O) groups is 2. The summed E-state index contributed by atoms with van der Waals surface area (Å²) in [4.78, 5) is 30.5. The summed E-state index contributed by atoms with van der Waals surface area (Å²) >= 11 is 0. The summed E-state index contributed by atoms with van der Waals surface area (Å²) in [6, 6.07) is 14.1. The lowest BCUT2D eigenvalue weighted by Gasteiger charge is -2.26. The van der Waals surface area contributed by atoms with Gasteiger partial charge in [0.25, 0.3) is 5.91 Å². The summed E-state index contributed by atoms with van der Waals surface area (Å²) in [7, 11) is 0. The zero-order valence-corrected chi connectivity index (χ0v) is 20.7. The normalized spacial score (nSPS) is 14.2. The van der Waals surface area contributed by atoms with Gasteiger partial charge in [-0.25, -0.2) is 0 Å². The third kappa shape index (κ3) is 6.18. The third-order valence-corrected chi connectivity index (χ3v) is 6.28. The minimum absolute atomic E-state index is 0.0874. The van der Waals surface area contributed by atoms with Crippen LogP contribution in [0, 0.1) is 0 Å². The molecule has 2 aromatic carbocycles. The summed E-state index contributed by atoms with van der Waals surface area (Å²) in [5.41, 5.74) is 0.820. The lowest BCUT2D eigenvalue weighted by atomic mass is 9.99. The molecule has 1 aliphatic heterocycles. The molecule has 1 fully saturated rings. The molecule has 2 aromatic heterocycles. The van der Waals surface area contributed by atoms with Crippen LogP contribution in [0.4, 0.5) is 13.2 Å². The number of fused-ring (bicyclic) bond motifs is 1. The van der Waals surface area contributed by atoms with Crippen molar-refractivity contribution >= 4 is 28.9 Å². The van der Waals surface area contributed by atoms with Crippen molar-refractivity contribution in [2.75, 3.05) is 26.3 Å². The Labute approximate surface area is 221 Å². The maximum Gasteiger partial charge on any atom is 0.420 e. The first-order valence-corrected chi connectivity index (χ1v) is 12.2. The Balaban J connectivity index is 1.36. The average Bonchev–Trinajstić information content (AvgIpc) is 3.37. The van der Waals surface area contributed by atoms with E-state index in [1.54, 1.807) is 65.8 Å². The molecule has 1 N–H and O–H groups in total. The van der Waals surface area contributed by atoms with Crippen LogP contribution in [0.15, 0.2) is 77.5 Å². The number of pyridine rings is 1. The number of halogens is 3. The van der Waals surface area contributed by atoms with E-state index in [4.69, 9.17) is 9.15 Å². The van der Waals surface area contributed by atoms with Gasteiger partial charge in [-0.2, -0.15) is 13.2 Å². The predicted octanol–water partition coefficient (Wildman–Crippen LogP) is 5.32. The molecule has 0 atom stereocenters. The summed E-state index contributed by atoms with van der Waals surface area (Å²) < 4.78 is 52.7. The molecule has 0 radical (unpaired) electrons. The van der Waals surface area contributed by atoms with Gasteiger partial charge in [-0.1, -0.05) is 18.2 Å². The molecule has 0 saturated carbocycles. The number of aromatic nitrogens is 1. The van der Waals surface area contributed by atoms with Crippen LogP contribution in [-0.4, -0.2) is 48.0 Å². The number of carbonyl (C=O) groups excluding carboxylic acids is 2. The van der Waals surface area contributed by atoms with Crippen molar-refractivity contribution in [1.82, 2.24) is 15.2 Å². The second-order valence-corrected chi connectivity index (χ2v) is 8.97. The summed E-state index contributed by atoms with van der Waals surface area (Å²) in [5, 5.41) is 2.87. The molecule has 0 unspecified atom stereocenters. The Morgan fingerprint density at radius 1 is 1.03 bits per heavy atom. The number of rotatable bonds is 6. The van der Waals surface area contributed by atoms with E-state index < -0.39 is 17.6 Å². The fraction of sp³-hybridized carbons (Fsp3) is 0.207. The minimum Gasteiger partial charge on any atom is -0.459 e. The quantitative estimate of drug-likeness (QED) is 0.338. The minimum atomic E-state index is -4.66. The highest BCUT2D eigenvalue weighted by atomic mass is 19.4. The van der Waals surface area contributed by atoms with E-state index in [-0.39, 0.29) is 29.2 Å². The molecule has 1 saturated heterocycles. The molecule has 4 aromatic rings. The van der Waals surface area contributed by atoms with Crippen molar-refractivity contribution in [2.24, 2.45) is 0 Å². The monoisotopic (exact) mass is 535 g/mol. The van der Waals surface area contributed by atoms with E-state index in [9.17, 15) is 22.8 Å². The van der Waals surface area contributed by atoms with Crippen molar-refractivity contribution in [3.63, 3.8) is 0 Å². The number of nitrogens with zero attached hydrogens (tertiary/aromatic N) is 2. The summed E-state index contributed by atoms with van der Waals surface area (Å²) in [6.07, 6.45) is 1.43. The highest BCUT2D eigenvalue weighted by Crippen LogP contribution is 2.39. The van der Waals surface area contributed by atoms with E-state index in [0.29, 0.717) is 43.0 Å². The number of benzene rings is 2. The van der Waals surface area contributed by atoms with Crippen molar-refractivity contribution in [3.8, 4) is 11.1 Å². The highest BCUT2D eigenvalue weighted by Gasteiger charge is 2.35. The highest BCUT2D eigenvalue weighted by molar-refractivity contribution is 5.95. The number of hydrogen-bond acceptors (Lipinski definition) is 5. The lowest BCUT2D eigenvalue weighted by Crippen LogP contribution is -2.40. The van der Waals surface area contributed by atoms with Gasteiger partial charge in [0.2, 0.25) is 5.91 Å². The third-order valence-electron chi connectivity index (χ3n) is 6.28. The first-order chi connectivity index (χ1) is 18.8. The van der Waals surface area contributed by atoms with Crippen LogP contribution < -0.4 is 5.32 Å². The Morgan fingerprint density at radius 3 is 2.49 bits per heavy atom. The molecule has 5 rings (SSSR count). The molecule has 0 bridgehead atoms. The fourth-order valence-corrected chi connectivity index (χ4v) is 4.30. The van der Waals surface area contributed by atoms with E-state index in [1.807, 2.05) is 0 Å². The van der Waals surface area contributed by atoms with E-state index in [2.05, 4.69) is 10.3 Å². The van der Waals surface area contributed by atoms with Crippen LogP contribution in [0.5, 0.6) is 0 Å². The molecular weight excluding hydrogens is 511 g/mol. The van der Waals surface area contributed by atoms with E-state index in [1.165, 1.54) is 12.1 Å². The van der Waals surface area contributed by atoms with Gasteiger partial charge in [0.1, 0.15) is 11.3 Å². The predicted molar refractivity (Wildman–Crippen MR) is 138 cm³/mol. The smallest absolute Gasteiger partial charge is 0.420 e. The molecule has 2 amide bonds. The number of hydrogen-bond donors (Lipinski definition) is 1. The van der Waals surface area contributed by atoms with Crippen LogP contribution in [0.1, 0.15) is 27.2 Å². The number of alkyl halides is 3. The first kappa shape index (κ1) is 26.2. The van der Waals surface area contributed by atoms with Crippen LogP contribution in [0.2, 0.25) is 0 Å². The van der Waals surface area contributed by atoms with E-state index in [0.717, 1.165) is 11.6 Å². The Hall–Kier alpha value is -4.44. The zero-order valence-electron chi connectivity index (χ0n) is 20.7. The van der Waals surface area contributed by atoms with Gasteiger partial charge in [-0.3, -0.25) is 14.6 Å². The number of morpholine rings is 1. The second kappa shape index (κ2) is 11.1. The van der Waals surface area contributed by atoms with E-state index >= 15 is 0 Å². The Kier molecular flexibility index (Phi) is 7.47. The van der Waals surface area contributed by atoms with Gasteiger partial charge < -0.3 is 19.4 Å². The van der Waals surface area contributed by atoms with Gasteiger partial charge in [0.05, 0.1) is 25.3 Å². The molecule has 10 heteroatoms. The maximum atomic E-state index is 14.0. The fourth-order valence-electron chi connectivity index (χ4n) is 4.30. The Bertz CT molecular complexity index is 1510. The van der Waals surface area contributed by atoms with Gasteiger partial charge in [0, 0.05) is 42.5 Å². The van der Waals surface area contributed by atoms with Gasteiger partial charge in [-0.15, -0.1) is 0 Å². The lowest BCUT2D eigenvalue weighted by molar-refractivity contribution is -0.136. The molecule has 0 spiro atoms. The second-order valence-electron chi connectivity index (χ2n) is 8.97. The first-order valence-electron chi connectivity index (χ1n) is 12.2. The topological polar surface area (TPSA) is 84.7 Å². The molecule has 200 valence electrons. The number of ether oxygens (including phenoxy) is 1. The van der Waals surface area contributed by atoms with Gasteiger partial charge in [0.15, 0.2) is 0 Å². The average molecular weight is 536 g/mol. The largest absolute Gasteiger partial charge is 0.459 e. The number of furan rings is 1. The maximum absolute atomic E-state index is 14.0. The van der Waals surface area contributed by atoms with Crippen LogP contribution in [0.25, 0.3) is 28.2 Å². The SMILES string of the molecule is O=C(C=Cc1cccnc1)NCc1cc2cc(-c3ccc(C(=O)N4CCOCC4)cc3)cc(C(F)(F)F)c2o1. The van der Waals surface area contributed by atoms with Gasteiger partial charge >= 0.3 is 6.18 Å². The number of amides is 2. The van der Waals surface area contributed by atoms with Crippen LogP contribution in [0.3, 0.4) is 0 Å². The van der Waals surface area contributed by atoms with Crippen LogP contribution in [-0.2, 0) is 22.3 Å². The van der Waals surface area contributed by atoms with Crippen molar-refractivity contribution in [2.45, 2.75) is 12.7 Å². The molecule has 3 heterocycles.